The quantitative estimate of drug-likeness (QED) is 0.924. The summed E-state index contributed by atoms with van der Waals surface area (Å²) in [6.45, 7) is 8.86. The highest BCUT2D eigenvalue weighted by molar-refractivity contribution is 5.77. The van der Waals surface area contributed by atoms with Crippen molar-refractivity contribution in [1.82, 2.24) is 14.9 Å². The van der Waals surface area contributed by atoms with Crippen LogP contribution in [0.15, 0.2) is 18.2 Å². The van der Waals surface area contributed by atoms with Crippen LogP contribution in [0.4, 0.5) is 0 Å². The number of hydrogen-bond donors (Lipinski definition) is 1. The van der Waals surface area contributed by atoms with Crippen LogP contribution in [0.2, 0.25) is 0 Å². The van der Waals surface area contributed by atoms with Crippen molar-refractivity contribution in [3.8, 4) is 0 Å². The Morgan fingerprint density at radius 2 is 2.25 bits per heavy atom. The van der Waals surface area contributed by atoms with Gasteiger partial charge in [0.15, 0.2) is 0 Å². The standard InChI is InChI=1S/C17H25N3/c1-4-9-20-16-6-5-12(2)10-15(16)19-17(20)14-7-8-18-13(3)11-14/h5-6,10,13-14,18H,4,7-9,11H2,1-3H3. The third-order valence-electron chi connectivity index (χ3n) is 4.37. The Bertz CT molecular complexity index is 600. The van der Waals surface area contributed by atoms with Gasteiger partial charge in [-0.1, -0.05) is 13.0 Å². The minimum atomic E-state index is 0.602. The summed E-state index contributed by atoms with van der Waals surface area (Å²) < 4.78 is 2.46. The van der Waals surface area contributed by atoms with E-state index in [0.717, 1.165) is 19.5 Å². The molecule has 1 fully saturated rings. The van der Waals surface area contributed by atoms with Gasteiger partial charge >= 0.3 is 0 Å². The van der Waals surface area contributed by atoms with Crippen molar-refractivity contribution in [1.29, 1.82) is 0 Å². The predicted octanol–water partition coefficient (Wildman–Crippen LogP) is 3.61. The fraction of sp³-hybridized carbons (Fsp3) is 0.588. The summed E-state index contributed by atoms with van der Waals surface area (Å²) in [6.07, 6.45) is 3.56. The molecule has 1 aromatic heterocycles. The normalized spacial score (nSPS) is 23.4. The Balaban J connectivity index is 2.06. The number of fused-ring (bicyclic) bond motifs is 1. The summed E-state index contributed by atoms with van der Waals surface area (Å²) in [5.74, 6) is 1.91. The zero-order valence-corrected chi connectivity index (χ0v) is 12.8. The van der Waals surface area contributed by atoms with E-state index in [1.165, 1.54) is 35.3 Å². The summed E-state index contributed by atoms with van der Waals surface area (Å²) >= 11 is 0. The van der Waals surface area contributed by atoms with Crippen LogP contribution < -0.4 is 5.32 Å². The van der Waals surface area contributed by atoms with Gasteiger partial charge in [-0.05, 0) is 57.4 Å². The number of nitrogens with one attached hydrogen (secondary N) is 1. The maximum absolute atomic E-state index is 4.99. The third-order valence-corrected chi connectivity index (χ3v) is 4.37. The number of hydrogen-bond acceptors (Lipinski definition) is 2. The first-order valence-corrected chi connectivity index (χ1v) is 7.89. The first-order chi connectivity index (χ1) is 9.69. The lowest BCUT2D eigenvalue weighted by Gasteiger charge is -2.28. The number of imidazole rings is 1. The minimum Gasteiger partial charge on any atom is -0.328 e. The second-order valence-corrected chi connectivity index (χ2v) is 6.19. The topological polar surface area (TPSA) is 29.9 Å². The molecule has 2 atom stereocenters. The van der Waals surface area contributed by atoms with Gasteiger partial charge in [0.2, 0.25) is 0 Å². The Morgan fingerprint density at radius 3 is 3.00 bits per heavy atom. The number of rotatable bonds is 3. The molecule has 0 amide bonds. The van der Waals surface area contributed by atoms with Crippen molar-refractivity contribution in [3.05, 3.63) is 29.6 Å². The molecule has 108 valence electrons. The Hall–Kier alpha value is -1.35. The molecule has 1 saturated heterocycles. The van der Waals surface area contributed by atoms with Crippen LogP contribution in [0.25, 0.3) is 11.0 Å². The van der Waals surface area contributed by atoms with Crippen LogP contribution >= 0.6 is 0 Å². The molecular weight excluding hydrogens is 246 g/mol. The van der Waals surface area contributed by atoms with E-state index in [4.69, 9.17) is 4.98 Å². The smallest absolute Gasteiger partial charge is 0.113 e. The molecule has 2 heterocycles. The molecule has 20 heavy (non-hydrogen) atoms. The maximum atomic E-state index is 4.99. The molecule has 0 radical (unpaired) electrons. The molecule has 2 aromatic rings. The number of nitrogens with zero attached hydrogens (tertiary/aromatic N) is 2. The van der Waals surface area contributed by atoms with Crippen LogP contribution in [0.1, 0.15) is 50.4 Å². The fourth-order valence-electron chi connectivity index (χ4n) is 3.40. The SMILES string of the molecule is CCCn1c(C2CCNC(C)C2)nc2cc(C)ccc21. The van der Waals surface area contributed by atoms with E-state index in [9.17, 15) is 0 Å². The zero-order chi connectivity index (χ0) is 14.1. The Morgan fingerprint density at radius 1 is 1.40 bits per heavy atom. The van der Waals surface area contributed by atoms with Crippen molar-refractivity contribution >= 4 is 11.0 Å². The van der Waals surface area contributed by atoms with E-state index in [1.54, 1.807) is 0 Å². The highest BCUT2D eigenvalue weighted by Crippen LogP contribution is 2.30. The first kappa shape index (κ1) is 13.6. The molecular formula is C17H25N3. The van der Waals surface area contributed by atoms with Gasteiger partial charge in [0, 0.05) is 18.5 Å². The second kappa shape index (κ2) is 5.57. The van der Waals surface area contributed by atoms with Crippen molar-refractivity contribution < 1.29 is 0 Å². The first-order valence-electron chi connectivity index (χ1n) is 7.89. The van der Waals surface area contributed by atoms with Crippen LogP contribution in [-0.2, 0) is 6.54 Å². The van der Waals surface area contributed by atoms with Gasteiger partial charge in [-0.2, -0.15) is 0 Å². The minimum absolute atomic E-state index is 0.602. The van der Waals surface area contributed by atoms with Gasteiger partial charge in [0.1, 0.15) is 5.82 Å². The largest absolute Gasteiger partial charge is 0.328 e. The van der Waals surface area contributed by atoms with E-state index in [0.29, 0.717) is 12.0 Å². The van der Waals surface area contributed by atoms with Gasteiger partial charge in [-0.15, -0.1) is 0 Å². The molecule has 0 spiro atoms. The Labute approximate surface area is 121 Å². The third kappa shape index (κ3) is 2.47. The molecule has 0 bridgehead atoms. The zero-order valence-electron chi connectivity index (χ0n) is 12.8. The lowest BCUT2D eigenvalue weighted by molar-refractivity contribution is 0.364. The van der Waals surface area contributed by atoms with E-state index < -0.39 is 0 Å². The predicted molar refractivity (Wildman–Crippen MR) is 84.2 cm³/mol. The second-order valence-electron chi connectivity index (χ2n) is 6.19. The van der Waals surface area contributed by atoms with Crippen LogP contribution in [0, 0.1) is 6.92 Å². The average Bonchev–Trinajstić information content (AvgIpc) is 2.77. The summed E-state index contributed by atoms with van der Waals surface area (Å²) in [6, 6.07) is 7.26. The summed E-state index contributed by atoms with van der Waals surface area (Å²) in [5.41, 5.74) is 3.77. The van der Waals surface area contributed by atoms with Gasteiger partial charge in [0.25, 0.3) is 0 Å². The average molecular weight is 271 g/mol. The van der Waals surface area contributed by atoms with Crippen LogP contribution in [0.5, 0.6) is 0 Å². The number of benzene rings is 1. The Kier molecular flexibility index (Phi) is 3.79. The molecule has 1 aromatic carbocycles. The van der Waals surface area contributed by atoms with E-state index in [-0.39, 0.29) is 0 Å². The highest BCUT2D eigenvalue weighted by Gasteiger charge is 2.25. The lowest BCUT2D eigenvalue weighted by Crippen LogP contribution is -2.35. The van der Waals surface area contributed by atoms with Crippen LogP contribution in [0.3, 0.4) is 0 Å². The van der Waals surface area contributed by atoms with E-state index in [1.807, 2.05) is 0 Å². The van der Waals surface area contributed by atoms with Crippen LogP contribution in [-0.4, -0.2) is 22.1 Å². The molecule has 0 aliphatic carbocycles. The molecule has 2 unspecified atom stereocenters. The summed E-state index contributed by atoms with van der Waals surface area (Å²) in [5, 5.41) is 3.54. The molecule has 0 saturated carbocycles. The van der Waals surface area contributed by atoms with Crippen molar-refractivity contribution in [2.75, 3.05) is 6.54 Å². The van der Waals surface area contributed by atoms with Gasteiger partial charge < -0.3 is 9.88 Å². The monoisotopic (exact) mass is 271 g/mol. The molecule has 3 rings (SSSR count). The maximum Gasteiger partial charge on any atom is 0.113 e. The number of piperidine rings is 1. The highest BCUT2D eigenvalue weighted by atomic mass is 15.1. The molecule has 1 aliphatic heterocycles. The van der Waals surface area contributed by atoms with Crippen molar-refractivity contribution in [2.24, 2.45) is 0 Å². The van der Waals surface area contributed by atoms with Crippen molar-refractivity contribution in [3.63, 3.8) is 0 Å². The molecule has 3 heteroatoms. The fourth-order valence-corrected chi connectivity index (χ4v) is 3.40. The van der Waals surface area contributed by atoms with E-state index in [2.05, 4.69) is 48.9 Å². The summed E-state index contributed by atoms with van der Waals surface area (Å²) in [4.78, 5) is 4.99. The van der Waals surface area contributed by atoms with Gasteiger partial charge in [-0.3, -0.25) is 0 Å². The molecule has 3 nitrogen and oxygen atoms in total. The number of aryl methyl sites for hydroxylation is 2. The van der Waals surface area contributed by atoms with Gasteiger partial charge in [-0.25, -0.2) is 4.98 Å². The van der Waals surface area contributed by atoms with Gasteiger partial charge in [0.05, 0.1) is 11.0 Å². The van der Waals surface area contributed by atoms with E-state index >= 15 is 0 Å². The lowest BCUT2D eigenvalue weighted by atomic mass is 9.92. The molecule has 1 aliphatic rings. The summed E-state index contributed by atoms with van der Waals surface area (Å²) in [7, 11) is 0. The van der Waals surface area contributed by atoms with Crippen molar-refractivity contribution in [2.45, 2.75) is 58.5 Å². The number of aromatic nitrogens is 2. The molecule has 1 N–H and O–H groups in total.